The summed E-state index contributed by atoms with van der Waals surface area (Å²) in [6.07, 6.45) is 3.14. The molecular formula is C9H16ClN5S. The number of aromatic nitrogens is 3. The molecule has 7 heteroatoms. The Morgan fingerprint density at radius 3 is 2.69 bits per heavy atom. The molecule has 1 rings (SSSR count). The third kappa shape index (κ3) is 3.68. The molecule has 0 aliphatic rings. The lowest BCUT2D eigenvalue weighted by Gasteiger charge is -2.24. The molecule has 1 unspecified atom stereocenters. The number of rotatable bonds is 5. The molecular weight excluding hydrogens is 246 g/mol. The Balaban J connectivity index is 2.74. The molecule has 16 heavy (non-hydrogen) atoms. The van der Waals surface area contributed by atoms with Crippen molar-refractivity contribution in [2.75, 3.05) is 29.7 Å². The van der Waals surface area contributed by atoms with E-state index in [2.05, 4.69) is 28.1 Å². The number of hydrogen-bond donors (Lipinski definition) is 1. The summed E-state index contributed by atoms with van der Waals surface area (Å²) in [5.41, 5.74) is 5.52. The SMILES string of the molecule is CSCCC(C)N(C)c1nc(N)nc(Cl)n1. The molecule has 0 aliphatic carbocycles. The summed E-state index contributed by atoms with van der Waals surface area (Å²) in [4.78, 5) is 13.8. The maximum absolute atomic E-state index is 5.73. The molecule has 1 atom stereocenters. The van der Waals surface area contributed by atoms with Gasteiger partial charge in [-0.25, -0.2) is 0 Å². The molecule has 1 aromatic heterocycles. The van der Waals surface area contributed by atoms with Gasteiger partial charge in [0, 0.05) is 13.1 Å². The second-order valence-electron chi connectivity index (χ2n) is 3.50. The van der Waals surface area contributed by atoms with Gasteiger partial charge in [-0.2, -0.15) is 26.7 Å². The van der Waals surface area contributed by atoms with E-state index in [0.29, 0.717) is 12.0 Å². The molecule has 0 amide bonds. The van der Waals surface area contributed by atoms with Crippen LogP contribution in [-0.4, -0.2) is 40.1 Å². The number of halogens is 1. The molecule has 1 heterocycles. The predicted molar refractivity (Wildman–Crippen MR) is 70.1 cm³/mol. The molecule has 0 fully saturated rings. The quantitative estimate of drug-likeness (QED) is 0.870. The maximum Gasteiger partial charge on any atom is 0.231 e. The maximum atomic E-state index is 5.73. The molecule has 5 nitrogen and oxygen atoms in total. The van der Waals surface area contributed by atoms with E-state index >= 15 is 0 Å². The number of nitrogens with zero attached hydrogens (tertiary/aromatic N) is 4. The van der Waals surface area contributed by atoms with Gasteiger partial charge < -0.3 is 10.6 Å². The van der Waals surface area contributed by atoms with Gasteiger partial charge in [0.25, 0.3) is 0 Å². The van der Waals surface area contributed by atoms with Crippen LogP contribution in [0.15, 0.2) is 0 Å². The standard InChI is InChI=1S/C9H16ClN5S/c1-6(4-5-16-3)15(2)9-13-7(10)12-8(11)14-9/h6H,4-5H2,1-3H3,(H2,11,12,13,14). The van der Waals surface area contributed by atoms with Crippen molar-refractivity contribution in [3.63, 3.8) is 0 Å². The fourth-order valence-electron chi connectivity index (χ4n) is 1.19. The Morgan fingerprint density at radius 2 is 2.12 bits per heavy atom. The van der Waals surface area contributed by atoms with Gasteiger partial charge in [0.15, 0.2) is 0 Å². The van der Waals surface area contributed by atoms with Crippen molar-refractivity contribution in [2.45, 2.75) is 19.4 Å². The van der Waals surface area contributed by atoms with E-state index in [-0.39, 0.29) is 11.2 Å². The molecule has 1 aromatic rings. The van der Waals surface area contributed by atoms with E-state index in [1.54, 1.807) is 0 Å². The molecule has 0 bridgehead atoms. The largest absolute Gasteiger partial charge is 0.368 e. The third-order valence-electron chi connectivity index (χ3n) is 2.33. The monoisotopic (exact) mass is 261 g/mol. The lowest BCUT2D eigenvalue weighted by Crippen LogP contribution is -2.31. The van der Waals surface area contributed by atoms with E-state index in [0.717, 1.165) is 12.2 Å². The topological polar surface area (TPSA) is 67.9 Å². The molecule has 0 saturated heterocycles. The van der Waals surface area contributed by atoms with Gasteiger partial charge in [-0.05, 0) is 37.0 Å². The van der Waals surface area contributed by atoms with Gasteiger partial charge in [-0.3, -0.25) is 0 Å². The Kier molecular flexibility index (Phi) is 5.08. The van der Waals surface area contributed by atoms with Crippen molar-refractivity contribution in [3.05, 3.63) is 5.28 Å². The fraction of sp³-hybridized carbons (Fsp3) is 0.667. The minimum absolute atomic E-state index is 0.131. The van der Waals surface area contributed by atoms with Crippen LogP contribution in [0.25, 0.3) is 0 Å². The van der Waals surface area contributed by atoms with Crippen LogP contribution in [0.5, 0.6) is 0 Å². The highest BCUT2D eigenvalue weighted by Crippen LogP contribution is 2.15. The first-order valence-electron chi connectivity index (χ1n) is 4.93. The van der Waals surface area contributed by atoms with Gasteiger partial charge in [-0.15, -0.1) is 0 Å². The summed E-state index contributed by atoms with van der Waals surface area (Å²) >= 11 is 7.55. The van der Waals surface area contributed by atoms with Crippen LogP contribution in [0.4, 0.5) is 11.9 Å². The lowest BCUT2D eigenvalue weighted by atomic mass is 10.2. The Labute approximate surface area is 105 Å². The summed E-state index contributed by atoms with van der Waals surface area (Å²) in [6.45, 7) is 2.12. The average molecular weight is 262 g/mol. The zero-order chi connectivity index (χ0) is 12.1. The minimum atomic E-state index is 0.131. The lowest BCUT2D eigenvalue weighted by molar-refractivity contribution is 0.652. The smallest absolute Gasteiger partial charge is 0.231 e. The van der Waals surface area contributed by atoms with Gasteiger partial charge in [-0.1, -0.05) is 0 Å². The Morgan fingerprint density at radius 1 is 1.44 bits per heavy atom. The molecule has 0 radical (unpaired) electrons. The summed E-state index contributed by atoms with van der Waals surface area (Å²) < 4.78 is 0. The Hall–Kier alpha value is -0.750. The van der Waals surface area contributed by atoms with Crippen molar-refractivity contribution in [1.29, 1.82) is 0 Å². The zero-order valence-corrected chi connectivity index (χ0v) is 11.2. The van der Waals surface area contributed by atoms with E-state index < -0.39 is 0 Å². The summed E-state index contributed by atoms with van der Waals surface area (Å²) in [6, 6.07) is 0.338. The number of nitrogen functional groups attached to an aromatic ring is 1. The minimum Gasteiger partial charge on any atom is -0.368 e. The highest BCUT2D eigenvalue weighted by atomic mass is 35.5. The first kappa shape index (κ1) is 13.3. The van der Waals surface area contributed by atoms with Crippen LogP contribution in [0.1, 0.15) is 13.3 Å². The highest BCUT2D eigenvalue weighted by molar-refractivity contribution is 7.98. The van der Waals surface area contributed by atoms with E-state index in [1.807, 2.05) is 23.7 Å². The molecule has 90 valence electrons. The van der Waals surface area contributed by atoms with Crippen molar-refractivity contribution in [3.8, 4) is 0 Å². The van der Waals surface area contributed by atoms with Gasteiger partial charge in [0.1, 0.15) is 0 Å². The van der Waals surface area contributed by atoms with Crippen LogP contribution in [0.3, 0.4) is 0 Å². The van der Waals surface area contributed by atoms with E-state index in [4.69, 9.17) is 17.3 Å². The first-order valence-corrected chi connectivity index (χ1v) is 6.70. The third-order valence-corrected chi connectivity index (χ3v) is 3.14. The van der Waals surface area contributed by atoms with Crippen LogP contribution in [-0.2, 0) is 0 Å². The van der Waals surface area contributed by atoms with Crippen LogP contribution < -0.4 is 10.6 Å². The average Bonchev–Trinajstić information content (AvgIpc) is 2.23. The zero-order valence-electron chi connectivity index (χ0n) is 9.64. The van der Waals surface area contributed by atoms with Gasteiger partial charge in [0.2, 0.25) is 17.2 Å². The number of anilines is 2. The second-order valence-corrected chi connectivity index (χ2v) is 4.83. The van der Waals surface area contributed by atoms with Crippen molar-refractivity contribution >= 4 is 35.3 Å². The van der Waals surface area contributed by atoms with E-state index in [1.165, 1.54) is 0 Å². The highest BCUT2D eigenvalue weighted by Gasteiger charge is 2.13. The first-order chi connectivity index (χ1) is 7.54. The normalized spacial score (nSPS) is 12.5. The van der Waals surface area contributed by atoms with Crippen LogP contribution >= 0.6 is 23.4 Å². The Bertz CT molecular complexity index is 328. The second kappa shape index (κ2) is 6.10. The van der Waals surface area contributed by atoms with Crippen molar-refractivity contribution in [2.24, 2.45) is 0 Å². The molecule has 0 spiro atoms. The van der Waals surface area contributed by atoms with Crippen LogP contribution in [0.2, 0.25) is 5.28 Å². The van der Waals surface area contributed by atoms with Crippen LogP contribution in [0, 0.1) is 0 Å². The molecule has 0 saturated carbocycles. The number of nitrogens with two attached hydrogens (primary N) is 1. The number of thioether (sulfide) groups is 1. The summed E-state index contributed by atoms with van der Waals surface area (Å²) in [5, 5.41) is 0.131. The van der Waals surface area contributed by atoms with Crippen molar-refractivity contribution < 1.29 is 0 Å². The van der Waals surface area contributed by atoms with Gasteiger partial charge in [0.05, 0.1) is 0 Å². The predicted octanol–water partition coefficient (Wildman–Crippen LogP) is 1.68. The molecule has 2 N–H and O–H groups in total. The fourth-order valence-corrected chi connectivity index (χ4v) is 1.93. The number of hydrogen-bond acceptors (Lipinski definition) is 6. The molecule has 0 aromatic carbocycles. The van der Waals surface area contributed by atoms with Crippen molar-refractivity contribution in [1.82, 2.24) is 15.0 Å². The molecule has 0 aliphatic heterocycles. The van der Waals surface area contributed by atoms with Gasteiger partial charge >= 0.3 is 0 Å². The van der Waals surface area contributed by atoms with E-state index in [9.17, 15) is 0 Å². The summed E-state index contributed by atoms with van der Waals surface area (Å²) in [7, 11) is 1.93. The summed E-state index contributed by atoms with van der Waals surface area (Å²) in [5.74, 6) is 1.77.